The van der Waals surface area contributed by atoms with Gasteiger partial charge in [-0.25, -0.2) is 0 Å². The zero-order valence-electron chi connectivity index (χ0n) is 27.5. The van der Waals surface area contributed by atoms with Gasteiger partial charge in [-0.1, -0.05) is 19.3 Å². The highest BCUT2D eigenvalue weighted by Crippen LogP contribution is 2.29. The summed E-state index contributed by atoms with van der Waals surface area (Å²) >= 11 is 0. The fourth-order valence-corrected chi connectivity index (χ4v) is 13.9. The van der Waals surface area contributed by atoms with Crippen LogP contribution in [0.5, 0.6) is 0 Å². The first-order valence-corrected chi connectivity index (χ1v) is 26.2. The van der Waals surface area contributed by atoms with Crippen molar-refractivity contribution in [2.75, 3.05) is 74.8 Å². The van der Waals surface area contributed by atoms with Crippen molar-refractivity contribution in [1.82, 2.24) is 14.4 Å². The Morgan fingerprint density at radius 1 is 0.641 bits per heavy atom. The molecule has 0 spiro atoms. The molecule has 234 valence electrons. The summed E-state index contributed by atoms with van der Waals surface area (Å²) in [7, 11) is 2.93. The van der Waals surface area contributed by atoms with Crippen molar-refractivity contribution in [1.29, 1.82) is 0 Å². The molecule has 0 aromatic rings. The maximum Gasteiger partial charge on any atom is 0.334 e. The van der Waals surface area contributed by atoms with E-state index < -0.39 is 33.8 Å². The molecule has 0 bridgehead atoms. The molecular formula is C27H65N3O5Si4. The van der Waals surface area contributed by atoms with Crippen molar-refractivity contribution < 1.29 is 22.1 Å². The second-order valence-electron chi connectivity index (χ2n) is 12.5. The van der Waals surface area contributed by atoms with Crippen molar-refractivity contribution in [3.63, 3.8) is 0 Å². The van der Waals surface area contributed by atoms with E-state index in [1.807, 2.05) is 21.3 Å². The number of nitrogens with zero attached hydrogens (tertiary/aromatic N) is 2. The average Bonchev–Trinajstić information content (AvgIpc) is 3.50. The van der Waals surface area contributed by atoms with Crippen LogP contribution in [0.4, 0.5) is 0 Å². The van der Waals surface area contributed by atoms with Gasteiger partial charge in [0.15, 0.2) is 8.32 Å². The molecule has 2 saturated heterocycles. The van der Waals surface area contributed by atoms with Crippen LogP contribution >= 0.6 is 0 Å². The molecule has 0 amide bonds. The molecule has 2 aliphatic rings. The van der Waals surface area contributed by atoms with Crippen molar-refractivity contribution in [2.24, 2.45) is 0 Å². The molecule has 2 fully saturated rings. The van der Waals surface area contributed by atoms with Crippen molar-refractivity contribution in [2.45, 2.75) is 102 Å². The first kappa shape index (κ1) is 37.6. The third kappa shape index (κ3) is 13.6. The van der Waals surface area contributed by atoms with Crippen LogP contribution in [-0.2, 0) is 22.1 Å². The summed E-state index contributed by atoms with van der Waals surface area (Å²) in [6.45, 7) is 18.5. The first-order valence-electron chi connectivity index (χ1n) is 15.4. The molecular weight excluding hydrogens is 559 g/mol. The summed E-state index contributed by atoms with van der Waals surface area (Å²) in [5.74, 6) is 0. The minimum absolute atomic E-state index is 1.10. The highest BCUT2D eigenvalue weighted by Gasteiger charge is 2.43. The molecule has 2 rings (SSSR count). The summed E-state index contributed by atoms with van der Waals surface area (Å²) in [5.41, 5.74) is 0. The monoisotopic (exact) mass is 623 g/mol. The van der Waals surface area contributed by atoms with Gasteiger partial charge in [0, 0.05) is 48.6 Å². The van der Waals surface area contributed by atoms with Gasteiger partial charge in [0.25, 0.3) is 17.0 Å². The zero-order chi connectivity index (χ0) is 29.4. The SMILES string of the molecule is CO[Si](C)(C)CCCNCCCCCC[Si](C)(OC)OC.CO[Si]1(C)CCCN1CCN1CCC[Si]1(C)OC. The lowest BCUT2D eigenvalue weighted by Crippen LogP contribution is -2.54. The summed E-state index contributed by atoms with van der Waals surface area (Å²) < 4.78 is 33.5. The highest BCUT2D eigenvalue weighted by atomic mass is 28.4. The van der Waals surface area contributed by atoms with Gasteiger partial charge in [0.05, 0.1) is 0 Å². The molecule has 0 radical (unpaired) electrons. The third-order valence-corrected chi connectivity index (χ3v) is 22.8. The van der Waals surface area contributed by atoms with E-state index in [9.17, 15) is 0 Å². The van der Waals surface area contributed by atoms with Crippen molar-refractivity contribution in [3.8, 4) is 0 Å². The summed E-state index contributed by atoms with van der Waals surface area (Å²) in [5, 5.41) is 3.54. The molecule has 2 atom stereocenters. The summed E-state index contributed by atoms with van der Waals surface area (Å²) in [6.07, 6.45) is 8.93. The zero-order valence-corrected chi connectivity index (χ0v) is 31.5. The first-order chi connectivity index (χ1) is 18.4. The van der Waals surface area contributed by atoms with Crippen LogP contribution in [0.15, 0.2) is 0 Å². The van der Waals surface area contributed by atoms with Crippen LogP contribution in [0.2, 0.25) is 56.9 Å². The van der Waals surface area contributed by atoms with E-state index in [-0.39, 0.29) is 0 Å². The van der Waals surface area contributed by atoms with Gasteiger partial charge in [-0.05, 0) is 109 Å². The van der Waals surface area contributed by atoms with Crippen molar-refractivity contribution in [3.05, 3.63) is 0 Å². The summed E-state index contributed by atoms with van der Waals surface area (Å²) in [6, 6.07) is 4.93. The lowest BCUT2D eigenvalue weighted by atomic mass is 10.2. The molecule has 2 unspecified atom stereocenters. The van der Waals surface area contributed by atoms with Gasteiger partial charge < -0.3 is 36.6 Å². The average molecular weight is 624 g/mol. The fourth-order valence-electron chi connectivity index (χ4n) is 5.59. The van der Waals surface area contributed by atoms with Crippen LogP contribution < -0.4 is 5.32 Å². The molecule has 2 heterocycles. The van der Waals surface area contributed by atoms with Crippen LogP contribution in [0.1, 0.15) is 44.9 Å². The van der Waals surface area contributed by atoms with Crippen LogP contribution in [-0.4, -0.2) is 118 Å². The molecule has 0 aromatic carbocycles. The lowest BCUT2D eigenvalue weighted by molar-refractivity contribution is 0.248. The molecule has 0 saturated carbocycles. The molecule has 0 aliphatic carbocycles. The van der Waals surface area contributed by atoms with Crippen LogP contribution in [0.25, 0.3) is 0 Å². The fraction of sp³-hybridized carbons (Fsp3) is 1.00. The third-order valence-electron chi connectivity index (χ3n) is 9.28. The number of hydrogen-bond acceptors (Lipinski definition) is 8. The van der Waals surface area contributed by atoms with Gasteiger partial charge in [0.1, 0.15) is 0 Å². The van der Waals surface area contributed by atoms with Gasteiger partial charge in [-0.3, -0.25) is 0 Å². The number of nitrogens with one attached hydrogen (secondary N) is 1. The maximum absolute atomic E-state index is 5.83. The number of unbranched alkanes of at least 4 members (excludes halogenated alkanes) is 3. The number of hydrogen-bond donors (Lipinski definition) is 1. The Balaban J connectivity index is 0.000000393. The largest absolute Gasteiger partial charge is 0.420 e. The van der Waals surface area contributed by atoms with Crippen LogP contribution in [0, 0.1) is 0 Å². The van der Waals surface area contributed by atoms with E-state index in [0.717, 1.165) is 19.1 Å². The minimum atomic E-state index is -1.83. The maximum atomic E-state index is 5.83. The van der Waals surface area contributed by atoms with E-state index in [1.165, 1.54) is 89.3 Å². The van der Waals surface area contributed by atoms with Gasteiger partial charge in [0.2, 0.25) is 0 Å². The lowest BCUT2D eigenvalue weighted by Gasteiger charge is -2.36. The molecule has 1 N–H and O–H groups in total. The molecule has 8 nitrogen and oxygen atoms in total. The smallest absolute Gasteiger partial charge is 0.334 e. The molecule has 2 aliphatic heterocycles. The van der Waals surface area contributed by atoms with E-state index >= 15 is 0 Å². The molecule has 39 heavy (non-hydrogen) atoms. The Bertz CT molecular complexity index is 623. The van der Waals surface area contributed by atoms with Crippen LogP contribution in [0.3, 0.4) is 0 Å². The van der Waals surface area contributed by atoms with Gasteiger partial charge in [-0.2, -0.15) is 0 Å². The topological polar surface area (TPSA) is 64.7 Å². The number of rotatable bonds is 19. The second kappa shape index (κ2) is 19.0. The van der Waals surface area contributed by atoms with Gasteiger partial charge >= 0.3 is 8.56 Å². The Labute approximate surface area is 246 Å². The van der Waals surface area contributed by atoms with E-state index in [2.05, 4.69) is 47.2 Å². The molecule has 0 aromatic heterocycles. The minimum Gasteiger partial charge on any atom is -0.420 e. The predicted molar refractivity (Wildman–Crippen MR) is 175 cm³/mol. The van der Waals surface area contributed by atoms with Gasteiger partial charge in [-0.15, -0.1) is 0 Å². The quantitative estimate of drug-likeness (QED) is 0.148. The predicted octanol–water partition coefficient (Wildman–Crippen LogP) is 5.58. The summed E-state index contributed by atoms with van der Waals surface area (Å²) in [4.78, 5) is 0. The Kier molecular flexibility index (Phi) is 18.3. The molecule has 12 heteroatoms. The van der Waals surface area contributed by atoms with E-state index in [1.54, 1.807) is 14.2 Å². The van der Waals surface area contributed by atoms with E-state index in [0.29, 0.717) is 0 Å². The van der Waals surface area contributed by atoms with Crippen molar-refractivity contribution >= 4 is 33.8 Å². The standard InChI is InChI=1S/C15H37NO3Si2.C12H28N2O2Si2/c1-17-20(4,5)14-11-13-16-12-9-7-8-10-15-21(6,18-2)19-3;1-15-17(3)11-5-7-13(17)9-10-14-8-6-12-18(14,4)16-2/h16H,7-15H2,1-6H3;5-12H2,1-4H3. The Morgan fingerprint density at radius 2 is 1.13 bits per heavy atom. The second-order valence-corrected chi connectivity index (χ2v) is 28.3. The highest BCUT2D eigenvalue weighted by molar-refractivity contribution is 6.71. The van der Waals surface area contributed by atoms with E-state index in [4.69, 9.17) is 22.1 Å². The Morgan fingerprint density at radius 3 is 1.59 bits per heavy atom. The normalized spacial score (nSPS) is 24.8. The Hall–Kier alpha value is 0.548.